The van der Waals surface area contributed by atoms with Gasteiger partial charge in [0.2, 0.25) is 0 Å². The van der Waals surface area contributed by atoms with Crippen LogP contribution in [0.3, 0.4) is 0 Å². The van der Waals surface area contributed by atoms with Crippen LogP contribution >= 0.6 is 15.9 Å². The van der Waals surface area contributed by atoms with Gasteiger partial charge < -0.3 is 4.42 Å². The molecule has 4 heteroatoms. The van der Waals surface area contributed by atoms with Gasteiger partial charge in [-0.2, -0.15) is 0 Å². The normalized spacial score (nSPS) is 11.0. The lowest BCUT2D eigenvalue weighted by atomic mass is 10.1. The van der Waals surface area contributed by atoms with Gasteiger partial charge in [0.15, 0.2) is 5.78 Å². The fraction of sp³-hybridized carbons (Fsp3) is 0. The van der Waals surface area contributed by atoms with Crippen molar-refractivity contribution in [3.63, 3.8) is 0 Å². The first-order valence-corrected chi connectivity index (χ1v) is 7.75. The maximum absolute atomic E-state index is 12.8. The summed E-state index contributed by atoms with van der Waals surface area (Å²) in [7, 11) is 0. The SMILES string of the molecule is O=C(/C=C/c1ccc(-c2ccccc2Br)o1)c1ccc(F)cc1. The molecule has 0 amide bonds. The molecule has 0 saturated heterocycles. The molecule has 0 spiro atoms. The number of benzene rings is 2. The first-order valence-electron chi connectivity index (χ1n) is 6.96. The number of furan rings is 1. The van der Waals surface area contributed by atoms with Crippen molar-refractivity contribution in [2.24, 2.45) is 0 Å². The van der Waals surface area contributed by atoms with E-state index in [0.29, 0.717) is 17.1 Å². The Kier molecular flexibility index (Phi) is 4.53. The summed E-state index contributed by atoms with van der Waals surface area (Å²) in [6, 6.07) is 16.8. The maximum atomic E-state index is 12.8. The molecule has 0 radical (unpaired) electrons. The van der Waals surface area contributed by atoms with E-state index in [9.17, 15) is 9.18 Å². The maximum Gasteiger partial charge on any atom is 0.185 e. The van der Waals surface area contributed by atoms with Crippen LogP contribution in [0.1, 0.15) is 16.1 Å². The summed E-state index contributed by atoms with van der Waals surface area (Å²) in [5.41, 5.74) is 1.37. The van der Waals surface area contributed by atoms with Crippen molar-refractivity contribution in [3.8, 4) is 11.3 Å². The van der Waals surface area contributed by atoms with Gasteiger partial charge in [-0.1, -0.05) is 34.1 Å². The zero-order chi connectivity index (χ0) is 16.2. The van der Waals surface area contributed by atoms with E-state index < -0.39 is 0 Å². The third kappa shape index (κ3) is 3.66. The number of rotatable bonds is 4. The first-order chi connectivity index (χ1) is 11.1. The Balaban J connectivity index is 1.77. The third-order valence-electron chi connectivity index (χ3n) is 3.29. The van der Waals surface area contributed by atoms with Crippen LogP contribution in [0.5, 0.6) is 0 Å². The highest BCUT2D eigenvalue weighted by molar-refractivity contribution is 9.10. The van der Waals surface area contributed by atoms with E-state index in [1.54, 1.807) is 12.1 Å². The lowest BCUT2D eigenvalue weighted by Gasteiger charge is -1.99. The van der Waals surface area contributed by atoms with Crippen LogP contribution in [0.4, 0.5) is 4.39 Å². The van der Waals surface area contributed by atoms with Crippen molar-refractivity contribution in [1.82, 2.24) is 0 Å². The van der Waals surface area contributed by atoms with Crippen molar-refractivity contribution >= 4 is 27.8 Å². The monoisotopic (exact) mass is 370 g/mol. The van der Waals surface area contributed by atoms with Crippen LogP contribution in [0.2, 0.25) is 0 Å². The molecular weight excluding hydrogens is 359 g/mol. The van der Waals surface area contributed by atoms with Crippen LogP contribution in [0.15, 0.2) is 75.6 Å². The number of hydrogen-bond donors (Lipinski definition) is 0. The van der Waals surface area contributed by atoms with Crippen molar-refractivity contribution in [2.75, 3.05) is 0 Å². The van der Waals surface area contributed by atoms with Gasteiger partial charge in [0.05, 0.1) is 0 Å². The Labute approximate surface area is 141 Å². The molecule has 0 unspecified atom stereocenters. The van der Waals surface area contributed by atoms with Gasteiger partial charge in [-0.05, 0) is 54.6 Å². The van der Waals surface area contributed by atoms with E-state index in [0.717, 1.165) is 10.0 Å². The largest absolute Gasteiger partial charge is 0.457 e. The average molecular weight is 371 g/mol. The molecule has 0 bridgehead atoms. The van der Waals surface area contributed by atoms with E-state index in [2.05, 4.69) is 15.9 Å². The Hall–Kier alpha value is -2.46. The lowest BCUT2D eigenvalue weighted by Crippen LogP contribution is -1.93. The molecule has 0 atom stereocenters. The van der Waals surface area contributed by atoms with E-state index in [4.69, 9.17) is 4.42 Å². The fourth-order valence-electron chi connectivity index (χ4n) is 2.12. The second-order valence-corrected chi connectivity index (χ2v) is 5.74. The Morgan fingerprint density at radius 2 is 1.74 bits per heavy atom. The molecule has 23 heavy (non-hydrogen) atoms. The number of ketones is 1. The quantitative estimate of drug-likeness (QED) is 0.432. The summed E-state index contributed by atoms with van der Waals surface area (Å²) in [5.74, 6) is 0.719. The molecule has 0 aliphatic carbocycles. The average Bonchev–Trinajstić information content (AvgIpc) is 3.02. The summed E-state index contributed by atoms with van der Waals surface area (Å²) in [6.07, 6.45) is 3.02. The second kappa shape index (κ2) is 6.75. The summed E-state index contributed by atoms with van der Waals surface area (Å²) >= 11 is 3.48. The molecule has 0 aliphatic heterocycles. The second-order valence-electron chi connectivity index (χ2n) is 4.89. The molecule has 1 heterocycles. The molecule has 2 nitrogen and oxygen atoms in total. The molecule has 3 rings (SSSR count). The third-order valence-corrected chi connectivity index (χ3v) is 3.99. The van der Waals surface area contributed by atoms with Crippen LogP contribution in [-0.4, -0.2) is 5.78 Å². The predicted octanol–water partition coefficient (Wildman–Crippen LogP) is 5.74. The van der Waals surface area contributed by atoms with Gasteiger partial charge in [-0.25, -0.2) is 4.39 Å². The summed E-state index contributed by atoms with van der Waals surface area (Å²) in [5, 5.41) is 0. The highest BCUT2D eigenvalue weighted by Crippen LogP contribution is 2.29. The van der Waals surface area contributed by atoms with E-state index in [1.165, 1.54) is 30.3 Å². The van der Waals surface area contributed by atoms with Crippen LogP contribution in [0.25, 0.3) is 17.4 Å². The molecular formula is C19H12BrFO2. The number of halogens is 2. The smallest absolute Gasteiger partial charge is 0.185 e. The minimum Gasteiger partial charge on any atom is -0.457 e. The van der Waals surface area contributed by atoms with Gasteiger partial charge in [0, 0.05) is 15.6 Å². The van der Waals surface area contributed by atoms with Crippen molar-refractivity contribution in [2.45, 2.75) is 0 Å². The van der Waals surface area contributed by atoms with Gasteiger partial charge >= 0.3 is 0 Å². The van der Waals surface area contributed by atoms with Gasteiger partial charge in [0.1, 0.15) is 17.3 Å². The van der Waals surface area contributed by atoms with Gasteiger partial charge in [-0.15, -0.1) is 0 Å². The highest BCUT2D eigenvalue weighted by Gasteiger charge is 2.07. The van der Waals surface area contributed by atoms with E-state index >= 15 is 0 Å². The lowest BCUT2D eigenvalue weighted by molar-refractivity contribution is 0.104. The molecule has 2 aromatic carbocycles. The van der Waals surface area contributed by atoms with Gasteiger partial charge in [-0.3, -0.25) is 4.79 Å². The van der Waals surface area contributed by atoms with Crippen LogP contribution < -0.4 is 0 Å². The minimum atomic E-state index is -0.366. The Morgan fingerprint density at radius 3 is 2.48 bits per heavy atom. The molecule has 1 aromatic heterocycles. The summed E-state index contributed by atoms with van der Waals surface area (Å²) in [4.78, 5) is 12.0. The van der Waals surface area contributed by atoms with Crippen molar-refractivity contribution in [3.05, 3.63) is 88.4 Å². The molecule has 0 saturated carbocycles. The number of allylic oxidation sites excluding steroid dienone is 1. The zero-order valence-electron chi connectivity index (χ0n) is 12.0. The Bertz CT molecular complexity index is 863. The molecule has 0 fully saturated rings. The topological polar surface area (TPSA) is 30.2 Å². The highest BCUT2D eigenvalue weighted by atomic mass is 79.9. The zero-order valence-corrected chi connectivity index (χ0v) is 13.6. The van der Waals surface area contributed by atoms with Crippen molar-refractivity contribution < 1.29 is 13.6 Å². The van der Waals surface area contributed by atoms with E-state index in [1.807, 2.05) is 30.3 Å². The fourth-order valence-corrected chi connectivity index (χ4v) is 2.60. The standard InChI is InChI=1S/C19H12BrFO2/c20-17-4-2-1-3-16(17)19-12-10-15(23-19)9-11-18(22)13-5-7-14(21)8-6-13/h1-12H/b11-9+. The van der Waals surface area contributed by atoms with Crippen LogP contribution in [0, 0.1) is 5.82 Å². The molecule has 0 aliphatic rings. The minimum absolute atomic E-state index is 0.205. The number of hydrogen-bond acceptors (Lipinski definition) is 2. The molecule has 0 N–H and O–H groups in total. The molecule has 3 aromatic rings. The van der Waals surface area contributed by atoms with Crippen molar-refractivity contribution in [1.29, 1.82) is 0 Å². The Morgan fingerprint density at radius 1 is 1.00 bits per heavy atom. The first kappa shape index (κ1) is 15.4. The number of carbonyl (C=O) groups is 1. The summed E-state index contributed by atoms with van der Waals surface area (Å²) < 4.78 is 19.5. The predicted molar refractivity (Wildman–Crippen MR) is 91.6 cm³/mol. The summed E-state index contributed by atoms with van der Waals surface area (Å²) in [6.45, 7) is 0. The van der Waals surface area contributed by atoms with Gasteiger partial charge in [0.25, 0.3) is 0 Å². The van der Waals surface area contributed by atoms with Crippen LogP contribution in [-0.2, 0) is 0 Å². The number of carbonyl (C=O) groups excluding carboxylic acids is 1. The molecule has 114 valence electrons. The van der Waals surface area contributed by atoms with E-state index in [-0.39, 0.29) is 11.6 Å².